The third-order valence-electron chi connectivity index (χ3n) is 3.07. The van der Waals surface area contributed by atoms with Crippen molar-refractivity contribution in [2.75, 3.05) is 21.3 Å². The van der Waals surface area contributed by atoms with Crippen molar-refractivity contribution >= 4 is 5.78 Å². The monoisotopic (exact) mass is 290 g/mol. The van der Waals surface area contributed by atoms with Gasteiger partial charge in [-0.15, -0.1) is 0 Å². The zero-order chi connectivity index (χ0) is 15.4. The Balaban J connectivity index is 2.48. The Hall–Kier alpha value is -2.56. The normalized spacial score (nSPS) is 10.1. The SMILES string of the molecule is COc1ccc(C(=O)c2cc(OC)ccc2OC)c(F)c1. The van der Waals surface area contributed by atoms with Gasteiger partial charge in [-0.2, -0.15) is 0 Å². The molecule has 0 spiro atoms. The predicted molar refractivity (Wildman–Crippen MR) is 75.9 cm³/mol. The van der Waals surface area contributed by atoms with E-state index in [4.69, 9.17) is 14.2 Å². The van der Waals surface area contributed by atoms with E-state index in [1.807, 2.05) is 0 Å². The molecule has 0 aliphatic carbocycles. The molecule has 2 aromatic carbocycles. The summed E-state index contributed by atoms with van der Waals surface area (Å²) in [4.78, 5) is 12.5. The average Bonchev–Trinajstić information content (AvgIpc) is 2.53. The van der Waals surface area contributed by atoms with Crippen LogP contribution in [0.1, 0.15) is 15.9 Å². The van der Waals surface area contributed by atoms with Crippen LogP contribution in [0.15, 0.2) is 36.4 Å². The molecule has 0 heterocycles. The van der Waals surface area contributed by atoms with Crippen LogP contribution in [0.25, 0.3) is 0 Å². The van der Waals surface area contributed by atoms with Crippen LogP contribution >= 0.6 is 0 Å². The Bertz CT molecular complexity index is 667. The molecule has 0 aliphatic rings. The van der Waals surface area contributed by atoms with E-state index in [1.54, 1.807) is 12.1 Å². The average molecular weight is 290 g/mol. The molecule has 21 heavy (non-hydrogen) atoms. The summed E-state index contributed by atoms with van der Waals surface area (Å²) >= 11 is 0. The van der Waals surface area contributed by atoms with E-state index >= 15 is 0 Å². The zero-order valence-corrected chi connectivity index (χ0v) is 12.0. The van der Waals surface area contributed by atoms with E-state index in [0.29, 0.717) is 17.2 Å². The molecule has 0 fully saturated rings. The first-order valence-corrected chi connectivity index (χ1v) is 6.21. The number of carbonyl (C=O) groups is 1. The minimum Gasteiger partial charge on any atom is -0.497 e. The molecule has 0 atom stereocenters. The maximum atomic E-state index is 14.0. The lowest BCUT2D eigenvalue weighted by Crippen LogP contribution is -2.07. The molecule has 0 amide bonds. The summed E-state index contributed by atoms with van der Waals surface area (Å²) < 4.78 is 29.2. The van der Waals surface area contributed by atoms with Gasteiger partial charge in [-0.25, -0.2) is 4.39 Å². The van der Waals surface area contributed by atoms with Gasteiger partial charge in [-0.1, -0.05) is 0 Å². The molecule has 4 nitrogen and oxygen atoms in total. The number of ether oxygens (including phenoxy) is 3. The molecule has 0 aliphatic heterocycles. The molecular formula is C16H15FO4. The van der Waals surface area contributed by atoms with Crippen LogP contribution < -0.4 is 14.2 Å². The van der Waals surface area contributed by atoms with Gasteiger partial charge in [0.25, 0.3) is 0 Å². The lowest BCUT2D eigenvalue weighted by atomic mass is 10.0. The standard InChI is InChI=1S/C16H15FO4/c1-19-10-5-7-15(21-3)13(8-10)16(18)12-6-4-11(20-2)9-14(12)17/h4-9H,1-3H3. The molecule has 0 N–H and O–H groups in total. The minimum absolute atomic E-state index is 0.0534. The van der Waals surface area contributed by atoms with Gasteiger partial charge >= 0.3 is 0 Å². The van der Waals surface area contributed by atoms with Crippen molar-refractivity contribution in [3.8, 4) is 17.2 Å². The molecule has 0 saturated carbocycles. The predicted octanol–water partition coefficient (Wildman–Crippen LogP) is 3.08. The van der Waals surface area contributed by atoms with Crippen LogP contribution in [0.2, 0.25) is 0 Å². The summed E-state index contributed by atoms with van der Waals surface area (Å²) in [6.45, 7) is 0. The van der Waals surface area contributed by atoms with E-state index < -0.39 is 11.6 Å². The molecular weight excluding hydrogens is 275 g/mol. The quantitative estimate of drug-likeness (QED) is 0.794. The van der Waals surface area contributed by atoms with Crippen LogP contribution in [0.5, 0.6) is 17.2 Å². The molecule has 110 valence electrons. The number of carbonyl (C=O) groups excluding carboxylic acids is 1. The maximum Gasteiger partial charge on any atom is 0.199 e. The third-order valence-corrected chi connectivity index (χ3v) is 3.07. The van der Waals surface area contributed by atoms with Crippen molar-refractivity contribution in [1.82, 2.24) is 0 Å². The molecule has 5 heteroatoms. The van der Waals surface area contributed by atoms with Gasteiger partial charge in [0.05, 0.1) is 32.5 Å². The summed E-state index contributed by atoms with van der Waals surface area (Å²) in [5.41, 5.74) is 0.184. The second kappa shape index (κ2) is 6.26. The Kier molecular flexibility index (Phi) is 4.42. The van der Waals surface area contributed by atoms with Crippen LogP contribution in [0.3, 0.4) is 0 Å². The molecule has 0 saturated heterocycles. The first-order chi connectivity index (χ1) is 10.1. The topological polar surface area (TPSA) is 44.8 Å². The number of benzene rings is 2. The number of methoxy groups -OCH3 is 3. The van der Waals surface area contributed by atoms with Crippen molar-refractivity contribution in [3.63, 3.8) is 0 Å². The molecule has 0 radical (unpaired) electrons. The van der Waals surface area contributed by atoms with Crippen molar-refractivity contribution in [2.24, 2.45) is 0 Å². The van der Waals surface area contributed by atoms with E-state index in [9.17, 15) is 9.18 Å². The van der Waals surface area contributed by atoms with Gasteiger partial charge in [0.2, 0.25) is 0 Å². The van der Waals surface area contributed by atoms with Crippen molar-refractivity contribution in [2.45, 2.75) is 0 Å². The Morgan fingerprint density at radius 2 is 1.48 bits per heavy atom. The van der Waals surface area contributed by atoms with Gasteiger partial charge in [0.15, 0.2) is 5.78 Å². The Morgan fingerprint density at radius 3 is 2.05 bits per heavy atom. The number of halogens is 1. The molecule has 2 rings (SSSR count). The fourth-order valence-electron chi connectivity index (χ4n) is 1.94. The Labute approximate surface area is 122 Å². The minimum atomic E-state index is -0.649. The molecule has 2 aromatic rings. The smallest absolute Gasteiger partial charge is 0.199 e. The maximum absolute atomic E-state index is 14.0. The fourth-order valence-corrected chi connectivity index (χ4v) is 1.94. The first kappa shape index (κ1) is 14.8. The van der Waals surface area contributed by atoms with Gasteiger partial charge in [0.1, 0.15) is 23.1 Å². The second-order valence-electron chi connectivity index (χ2n) is 4.24. The number of ketones is 1. The van der Waals surface area contributed by atoms with Crippen LogP contribution in [0.4, 0.5) is 4.39 Å². The van der Waals surface area contributed by atoms with Gasteiger partial charge < -0.3 is 14.2 Å². The lowest BCUT2D eigenvalue weighted by molar-refractivity contribution is 0.103. The number of hydrogen-bond donors (Lipinski definition) is 0. The fraction of sp³-hybridized carbons (Fsp3) is 0.188. The third kappa shape index (κ3) is 2.97. The highest BCUT2D eigenvalue weighted by Crippen LogP contribution is 2.28. The van der Waals surface area contributed by atoms with Gasteiger partial charge in [-0.05, 0) is 30.3 Å². The van der Waals surface area contributed by atoms with E-state index in [-0.39, 0.29) is 11.1 Å². The summed E-state index contributed by atoms with van der Waals surface area (Å²) in [5, 5.41) is 0. The highest BCUT2D eigenvalue weighted by molar-refractivity contribution is 6.11. The largest absolute Gasteiger partial charge is 0.497 e. The van der Waals surface area contributed by atoms with E-state index in [2.05, 4.69) is 0 Å². The van der Waals surface area contributed by atoms with Crippen LogP contribution in [0, 0.1) is 5.82 Å². The number of hydrogen-bond acceptors (Lipinski definition) is 4. The van der Waals surface area contributed by atoms with Gasteiger partial charge in [0, 0.05) is 6.07 Å². The summed E-state index contributed by atoms with van der Waals surface area (Å²) in [6, 6.07) is 8.87. The van der Waals surface area contributed by atoms with Crippen molar-refractivity contribution in [1.29, 1.82) is 0 Å². The summed E-state index contributed by atoms with van der Waals surface area (Å²) in [5.74, 6) is 0.0703. The molecule has 0 unspecified atom stereocenters. The highest BCUT2D eigenvalue weighted by Gasteiger charge is 2.19. The molecule has 0 aromatic heterocycles. The van der Waals surface area contributed by atoms with Crippen LogP contribution in [-0.4, -0.2) is 27.1 Å². The Morgan fingerprint density at radius 1 is 0.857 bits per heavy atom. The lowest BCUT2D eigenvalue weighted by Gasteiger charge is -2.10. The second-order valence-corrected chi connectivity index (χ2v) is 4.24. The van der Waals surface area contributed by atoms with Crippen molar-refractivity contribution in [3.05, 3.63) is 53.3 Å². The molecule has 0 bridgehead atoms. The van der Waals surface area contributed by atoms with E-state index in [0.717, 1.165) is 0 Å². The summed E-state index contributed by atoms with van der Waals surface area (Å²) in [6.07, 6.45) is 0. The summed E-state index contributed by atoms with van der Waals surface area (Å²) in [7, 11) is 4.37. The highest BCUT2D eigenvalue weighted by atomic mass is 19.1. The van der Waals surface area contributed by atoms with Crippen molar-refractivity contribution < 1.29 is 23.4 Å². The van der Waals surface area contributed by atoms with Gasteiger partial charge in [-0.3, -0.25) is 4.79 Å². The first-order valence-electron chi connectivity index (χ1n) is 6.21. The van der Waals surface area contributed by atoms with E-state index in [1.165, 1.54) is 45.6 Å². The zero-order valence-electron chi connectivity index (χ0n) is 12.0. The van der Waals surface area contributed by atoms with Crippen LogP contribution in [-0.2, 0) is 0 Å². The number of rotatable bonds is 5.